The molecule has 0 spiro atoms. The highest BCUT2D eigenvalue weighted by atomic mass is 35.5. The summed E-state index contributed by atoms with van der Waals surface area (Å²) in [5.41, 5.74) is 1.66. The first-order chi connectivity index (χ1) is 14.1. The van der Waals surface area contributed by atoms with E-state index < -0.39 is 0 Å². The molecule has 0 aliphatic carbocycles. The van der Waals surface area contributed by atoms with Gasteiger partial charge in [-0.2, -0.15) is 0 Å². The minimum Gasteiger partial charge on any atom is -0.448 e. The number of halogens is 2. The van der Waals surface area contributed by atoms with Crippen LogP contribution in [-0.4, -0.2) is 56.2 Å². The van der Waals surface area contributed by atoms with Crippen LogP contribution in [0.3, 0.4) is 0 Å². The molecule has 150 valence electrons. The quantitative estimate of drug-likeness (QED) is 0.388. The summed E-state index contributed by atoms with van der Waals surface area (Å²) in [6.45, 7) is 1.77. The van der Waals surface area contributed by atoms with Gasteiger partial charge >= 0.3 is 6.09 Å². The third-order valence-electron chi connectivity index (χ3n) is 4.36. The lowest BCUT2D eigenvalue weighted by molar-refractivity contribution is 0.158. The van der Waals surface area contributed by atoms with Crippen molar-refractivity contribution < 1.29 is 9.53 Å². The average molecular weight is 450 g/mol. The summed E-state index contributed by atoms with van der Waals surface area (Å²) < 4.78 is 6.89. The van der Waals surface area contributed by atoms with Crippen molar-refractivity contribution in [1.82, 2.24) is 24.6 Å². The molecule has 1 aromatic carbocycles. The lowest BCUT2D eigenvalue weighted by Gasteiger charge is -2.13. The second-order valence-electron chi connectivity index (χ2n) is 6.29. The molecule has 0 radical (unpaired) electrons. The summed E-state index contributed by atoms with van der Waals surface area (Å²) in [6.07, 6.45) is 4.03. The van der Waals surface area contributed by atoms with Gasteiger partial charge in [-0.15, -0.1) is 10.2 Å². The van der Waals surface area contributed by atoms with Crippen molar-refractivity contribution in [3.8, 4) is 17.1 Å². The Morgan fingerprint density at radius 2 is 2.07 bits per heavy atom. The molecule has 4 rings (SSSR count). The van der Waals surface area contributed by atoms with Gasteiger partial charge in [0.15, 0.2) is 11.0 Å². The average Bonchev–Trinajstić information content (AvgIpc) is 3.34. The van der Waals surface area contributed by atoms with Crippen molar-refractivity contribution in [3.05, 3.63) is 52.8 Å². The van der Waals surface area contributed by atoms with Crippen LogP contribution >= 0.6 is 35.0 Å². The fraction of sp³-hybridized carbons (Fsp3) is 0.263. The number of rotatable bonds is 7. The summed E-state index contributed by atoms with van der Waals surface area (Å²) in [5, 5.41) is 10.4. The number of thioether (sulfide) groups is 1. The number of nitrogens with zero attached hydrogens (tertiary/aromatic N) is 5. The van der Waals surface area contributed by atoms with Crippen LogP contribution in [0.4, 0.5) is 4.79 Å². The van der Waals surface area contributed by atoms with Crippen LogP contribution in [0, 0.1) is 0 Å². The fourth-order valence-electron chi connectivity index (χ4n) is 2.95. The standard InChI is InChI=1S/C19H17Cl2N5O2S/c20-15-5-4-14(11-16(15)21)26-17(13-3-1-6-22-12-13)23-24-18(26)29-10-2-7-25-8-9-28-19(25)27/h1,3-6,11-12H,2,7-10H2. The normalized spacial score (nSPS) is 13.7. The first-order valence-electron chi connectivity index (χ1n) is 8.99. The maximum absolute atomic E-state index is 11.5. The first kappa shape index (κ1) is 20.0. The molecule has 0 bridgehead atoms. The van der Waals surface area contributed by atoms with Gasteiger partial charge in [-0.25, -0.2) is 4.79 Å². The zero-order valence-corrected chi connectivity index (χ0v) is 17.6. The molecule has 1 aliphatic rings. The predicted octanol–water partition coefficient (Wildman–Crippen LogP) is 4.57. The molecule has 7 nitrogen and oxygen atoms in total. The van der Waals surface area contributed by atoms with E-state index in [0.29, 0.717) is 35.6 Å². The second-order valence-corrected chi connectivity index (χ2v) is 8.16. The van der Waals surface area contributed by atoms with E-state index >= 15 is 0 Å². The van der Waals surface area contributed by atoms with E-state index in [-0.39, 0.29) is 6.09 Å². The van der Waals surface area contributed by atoms with Crippen molar-refractivity contribution in [2.75, 3.05) is 25.4 Å². The largest absolute Gasteiger partial charge is 0.448 e. The number of benzene rings is 1. The molecule has 0 N–H and O–H groups in total. The van der Waals surface area contributed by atoms with Crippen LogP contribution in [0.25, 0.3) is 17.1 Å². The smallest absolute Gasteiger partial charge is 0.409 e. The molecule has 10 heteroatoms. The van der Waals surface area contributed by atoms with E-state index in [1.807, 2.05) is 22.8 Å². The van der Waals surface area contributed by atoms with Crippen LogP contribution < -0.4 is 0 Å². The van der Waals surface area contributed by atoms with Crippen molar-refractivity contribution in [2.45, 2.75) is 11.6 Å². The SMILES string of the molecule is O=C1OCCN1CCCSc1nnc(-c2cccnc2)n1-c1ccc(Cl)c(Cl)c1. The van der Waals surface area contributed by atoms with Gasteiger partial charge in [0.05, 0.1) is 22.3 Å². The molecule has 1 aliphatic heterocycles. The zero-order chi connectivity index (χ0) is 20.2. The third kappa shape index (κ3) is 4.49. The topological polar surface area (TPSA) is 73.1 Å². The van der Waals surface area contributed by atoms with Gasteiger partial charge in [0.1, 0.15) is 6.61 Å². The molecule has 1 fully saturated rings. The Hall–Kier alpha value is -2.29. The highest BCUT2D eigenvalue weighted by Gasteiger charge is 2.21. The van der Waals surface area contributed by atoms with Crippen LogP contribution in [0.15, 0.2) is 47.9 Å². The molecule has 3 heterocycles. The molecule has 0 saturated carbocycles. The molecule has 0 atom stereocenters. The number of carbonyl (C=O) groups is 1. The highest BCUT2D eigenvalue weighted by molar-refractivity contribution is 7.99. The summed E-state index contributed by atoms with van der Waals surface area (Å²) >= 11 is 13.9. The molecule has 1 saturated heterocycles. The lowest BCUT2D eigenvalue weighted by Crippen LogP contribution is -2.25. The second kappa shape index (κ2) is 9.02. The molecular weight excluding hydrogens is 433 g/mol. The number of carbonyl (C=O) groups excluding carboxylic acids is 1. The zero-order valence-electron chi connectivity index (χ0n) is 15.3. The van der Waals surface area contributed by atoms with Crippen molar-refractivity contribution in [3.63, 3.8) is 0 Å². The summed E-state index contributed by atoms with van der Waals surface area (Å²) in [7, 11) is 0. The molecule has 2 aromatic heterocycles. The molecular formula is C19H17Cl2N5O2S. The summed E-state index contributed by atoms with van der Waals surface area (Å²) in [6, 6.07) is 9.20. The van der Waals surface area contributed by atoms with Crippen molar-refractivity contribution in [1.29, 1.82) is 0 Å². The first-order valence-corrected chi connectivity index (χ1v) is 10.7. The number of amides is 1. The molecule has 3 aromatic rings. The Bertz CT molecular complexity index is 1020. The Morgan fingerprint density at radius 1 is 1.17 bits per heavy atom. The maximum Gasteiger partial charge on any atom is 0.409 e. The van der Waals surface area contributed by atoms with Crippen LogP contribution in [0.2, 0.25) is 10.0 Å². The van der Waals surface area contributed by atoms with E-state index in [4.69, 9.17) is 27.9 Å². The van der Waals surface area contributed by atoms with Gasteiger partial charge in [0, 0.05) is 30.3 Å². The number of hydrogen-bond acceptors (Lipinski definition) is 6. The van der Waals surface area contributed by atoms with Crippen LogP contribution in [-0.2, 0) is 4.74 Å². The molecule has 1 amide bonds. The van der Waals surface area contributed by atoms with E-state index in [2.05, 4.69) is 15.2 Å². The summed E-state index contributed by atoms with van der Waals surface area (Å²) in [5.74, 6) is 1.44. The Kier molecular flexibility index (Phi) is 6.22. The van der Waals surface area contributed by atoms with Gasteiger partial charge < -0.3 is 9.64 Å². The van der Waals surface area contributed by atoms with Gasteiger partial charge in [-0.05, 0) is 36.8 Å². The molecule has 29 heavy (non-hydrogen) atoms. The van der Waals surface area contributed by atoms with Gasteiger partial charge in [-0.3, -0.25) is 9.55 Å². The van der Waals surface area contributed by atoms with E-state index in [1.54, 1.807) is 41.2 Å². The predicted molar refractivity (Wildman–Crippen MR) is 113 cm³/mol. The number of pyridine rings is 1. The number of aromatic nitrogens is 4. The van der Waals surface area contributed by atoms with Gasteiger partial charge in [0.2, 0.25) is 0 Å². The number of hydrogen-bond donors (Lipinski definition) is 0. The third-order valence-corrected chi connectivity index (χ3v) is 6.12. The lowest BCUT2D eigenvalue weighted by atomic mass is 10.2. The Labute approximate surface area is 182 Å². The Balaban J connectivity index is 1.57. The molecule has 0 unspecified atom stereocenters. The van der Waals surface area contributed by atoms with E-state index in [0.717, 1.165) is 28.6 Å². The monoisotopic (exact) mass is 449 g/mol. The Morgan fingerprint density at radius 3 is 2.79 bits per heavy atom. The summed E-state index contributed by atoms with van der Waals surface area (Å²) in [4.78, 5) is 17.4. The van der Waals surface area contributed by atoms with Crippen molar-refractivity contribution in [2.24, 2.45) is 0 Å². The van der Waals surface area contributed by atoms with Gasteiger partial charge in [0.25, 0.3) is 0 Å². The minimum absolute atomic E-state index is 0.243. The maximum atomic E-state index is 11.5. The van der Waals surface area contributed by atoms with Crippen LogP contribution in [0.5, 0.6) is 0 Å². The van der Waals surface area contributed by atoms with E-state index in [1.165, 1.54) is 0 Å². The fourth-order valence-corrected chi connectivity index (χ4v) is 4.12. The van der Waals surface area contributed by atoms with Crippen molar-refractivity contribution >= 4 is 41.1 Å². The minimum atomic E-state index is -0.243. The highest BCUT2D eigenvalue weighted by Crippen LogP contribution is 2.31. The number of cyclic esters (lactones) is 1. The number of ether oxygens (including phenoxy) is 1. The van der Waals surface area contributed by atoms with Crippen LogP contribution in [0.1, 0.15) is 6.42 Å². The van der Waals surface area contributed by atoms with Gasteiger partial charge in [-0.1, -0.05) is 35.0 Å². The van der Waals surface area contributed by atoms with E-state index in [9.17, 15) is 4.79 Å².